The Morgan fingerprint density at radius 2 is 0.984 bits per heavy atom. The standard InChI is InChI=1S/C39H50O25/c1-11-31(61-36-28(53)25(50)21(46)17(8-40)58-36)34(63-37-29(54)26(51)22(47)18(9-41)59-37)35(64-38-30(55)27(52)23(48)19(10-42)60-38)39(56-11)62-33-24(49)20-15(45)6-14(44)7-16(20)57-32(33)12-2-4-13(43)5-3-12/h2-7,11,17-19,21-23,25-31,34-48,50-55H,8-10H2,1H3. The van der Waals surface area contributed by atoms with Crippen molar-refractivity contribution in [2.75, 3.05) is 19.8 Å². The number of aromatic hydroxyl groups is 3. The van der Waals surface area contributed by atoms with Crippen LogP contribution >= 0.6 is 0 Å². The van der Waals surface area contributed by atoms with Crippen molar-refractivity contribution in [3.05, 3.63) is 46.6 Å². The van der Waals surface area contributed by atoms with E-state index in [2.05, 4.69) is 0 Å². The molecule has 3 aromatic rings. The lowest BCUT2D eigenvalue weighted by molar-refractivity contribution is -0.400. The molecule has 0 spiro atoms. The van der Waals surface area contributed by atoms with E-state index >= 15 is 0 Å². The molecule has 7 rings (SSSR count). The highest BCUT2D eigenvalue weighted by atomic mass is 16.8. The molecule has 5 heterocycles. The Hall–Kier alpha value is -3.91. The van der Waals surface area contributed by atoms with Gasteiger partial charge in [-0.1, -0.05) is 0 Å². The third-order valence-electron chi connectivity index (χ3n) is 11.4. The Morgan fingerprint density at radius 1 is 0.531 bits per heavy atom. The quantitative estimate of drug-likeness (QED) is 0.0805. The zero-order chi connectivity index (χ0) is 46.5. The summed E-state index contributed by atoms with van der Waals surface area (Å²) in [7, 11) is 0. The van der Waals surface area contributed by atoms with E-state index in [1.54, 1.807) is 0 Å². The third-order valence-corrected chi connectivity index (χ3v) is 11.4. The number of rotatable bonds is 12. The van der Waals surface area contributed by atoms with E-state index in [1.165, 1.54) is 31.2 Å². The molecule has 2 aromatic carbocycles. The van der Waals surface area contributed by atoms with Crippen molar-refractivity contribution < 1.29 is 119 Å². The second-order valence-corrected chi connectivity index (χ2v) is 15.7. The van der Waals surface area contributed by atoms with Gasteiger partial charge in [-0.05, 0) is 31.2 Å². The molecule has 356 valence electrons. The topological polar surface area (TPSA) is 408 Å². The molecule has 0 amide bonds. The highest BCUT2D eigenvalue weighted by Crippen LogP contribution is 2.41. The number of phenols is 3. The zero-order valence-electron chi connectivity index (χ0n) is 33.4. The van der Waals surface area contributed by atoms with E-state index in [1.807, 2.05) is 0 Å². The maximum Gasteiger partial charge on any atom is 0.239 e. The highest BCUT2D eigenvalue weighted by molar-refractivity contribution is 5.88. The predicted octanol–water partition coefficient (Wildman–Crippen LogP) is -5.74. The van der Waals surface area contributed by atoms with Crippen LogP contribution in [-0.4, -0.2) is 219 Å². The van der Waals surface area contributed by atoms with Crippen LogP contribution in [0.25, 0.3) is 22.3 Å². The molecule has 4 fully saturated rings. The summed E-state index contributed by atoms with van der Waals surface area (Å²) in [5.74, 6) is -2.64. The maximum atomic E-state index is 14.4. The van der Waals surface area contributed by atoms with E-state index in [-0.39, 0.29) is 16.9 Å². The lowest BCUT2D eigenvalue weighted by atomic mass is 9.95. The molecule has 4 aliphatic rings. The Balaban J connectivity index is 1.38. The summed E-state index contributed by atoms with van der Waals surface area (Å²) in [6.45, 7) is -1.46. The van der Waals surface area contributed by atoms with Crippen molar-refractivity contribution >= 4 is 11.0 Å². The van der Waals surface area contributed by atoms with Crippen molar-refractivity contribution in [1.29, 1.82) is 0 Å². The summed E-state index contributed by atoms with van der Waals surface area (Å²) in [6, 6.07) is 6.89. The van der Waals surface area contributed by atoms with Crippen molar-refractivity contribution in [2.45, 2.75) is 130 Å². The summed E-state index contributed by atoms with van der Waals surface area (Å²) in [4.78, 5) is 14.4. The normalized spacial score (nSPS) is 40.6. The van der Waals surface area contributed by atoms with Gasteiger partial charge in [-0.25, -0.2) is 0 Å². The molecule has 0 bridgehead atoms. The molecule has 15 N–H and O–H groups in total. The van der Waals surface area contributed by atoms with Gasteiger partial charge >= 0.3 is 0 Å². The largest absolute Gasteiger partial charge is 0.508 e. The Labute approximate surface area is 360 Å². The number of phenolic OH excluding ortho intramolecular Hbond substituents is 3. The molecule has 0 saturated carbocycles. The SMILES string of the molecule is CC1OC(Oc2c(-c3ccc(O)cc3)oc3cc(O)cc(O)c3c2=O)C(OC2OC(CO)C(O)C(O)C2O)C(OC2OC(CO)C(O)C(O)C2O)C1OC1OC(CO)C(O)C(O)C1O. The van der Waals surface area contributed by atoms with Gasteiger partial charge in [-0.3, -0.25) is 4.79 Å². The molecule has 20 unspecified atom stereocenters. The fourth-order valence-electron chi connectivity index (χ4n) is 7.85. The third kappa shape index (κ3) is 9.12. The summed E-state index contributed by atoms with van der Waals surface area (Å²) < 4.78 is 53.8. The van der Waals surface area contributed by atoms with Gasteiger partial charge in [0.25, 0.3) is 0 Å². The molecule has 1 aromatic heterocycles. The predicted molar refractivity (Wildman–Crippen MR) is 204 cm³/mol. The van der Waals surface area contributed by atoms with Gasteiger partial charge in [-0.15, -0.1) is 0 Å². The Bertz CT molecular complexity index is 2100. The van der Waals surface area contributed by atoms with Crippen LogP contribution in [0.1, 0.15) is 6.92 Å². The first-order chi connectivity index (χ1) is 30.4. The number of aliphatic hydroxyl groups is 12. The second-order valence-electron chi connectivity index (χ2n) is 15.7. The average molecular weight is 919 g/mol. The minimum absolute atomic E-state index is 0.0582. The number of benzene rings is 2. The van der Waals surface area contributed by atoms with Crippen molar-refractivity contribution in [2.24, 2.45) is 0 Å². The van der Waals surface area contributed by atoms with Crippen molar-refractivity contribution in [1.82, 2.24) is 0 Å². The molecular weight excluding hydrogens is 868 g/mol. The average Bonchev–Trinajstić information content (AvgIpc) is 3.26. The molecule has 25 heteroatoms. The molecule has 25 nitrogen and oxygen atoms in total. The van der Waals surface area contributed by atoms with E-state index in [9.17, 15) is 81.4 Å². The minimum atomic E-state index is -2.15. The van der Waals surface area contributed by atoms with E-state index < -0.39 is 176 Å². The summed E-state index contributed by atoms with van der Waals surface area (Å²) in [5.41, 5.74) is -1.39. The molecule has 0 radical (unpaired) electrons. The molecule has 4 saturated heterocycles. The number of hydrogen-bond donors (Lipinski definition) is 15. The monoisotopic (exact) mass is 918 g/mol. The van der Waals surface area contributed by atoms with Gasteiger partial charge in [0, 0.05) is 17.7 Å². The molecule has 4 aliphatic heterocycles. The van der Waals surface area contributed by atoms with Crippen LogP contribution < -0.4 is 10.2 Å². The minimum Gasteiger partial charge on any atom is -0.508 e. The van der Waals surface area contributed by atoms with Crippen LogP contribution in [-0.2, 0) is 33.2 Å². The fourth-order valence-corrected chi connectivity index (χ4v) is 7.85. The molecule has 0 aliphatic carbocycles. The smallest absolute Gasteiger partial charge is 0.239 e. The zero-order valence-corrected chi connectivity index (χ0v) is 33.4. The van der Waals surface area contributed by atoms with E-state index in [4.69, 9.17) is 42.3 Å². The fraction of sp³-hybridized carbons (Fsp3) is 0.615. The number of hydrogen-bond acceptors (Lipinski definition) is 25. The Kier molecular flexibility index (Phi) is 14.6. The lowest BCUT2D eigenvalue weighted by Gasteiger charge is -2.50. The Morgan fingerprint density at radius 3 is 1.45 bits per heavy atom. The van der Waals surface area contributed by atoms with Crippen LogP contribution in [0.15, 0.2) is 45.6 Å². The van der Waals surface area contributed by atoms with Gasteiger partial charge in [0.1, 0.15) is 114 Å². The first kappa shape index (κ1) is 48.0. The van der Waals surface area contributed by atoms with Gasteiger partial charge in [-0.2, -0.15) is 0 Å². The van der Waals surface area contributed by atoms with Crippen LogP contribution in [0.2, 0.25) is 0 Å². The first-order valence-corrected chi connectivity index (χ1v) is 19.9. The van der Waals surface area contributed by atoms with Crippen LogP contribution in [0.4, 0.5) is 0 Å². The van der Waals surface area contributed by atoms with Crippen molar-refractivity contribution in [3.63, 3.8) is 0 Å². The lowest BCUT2D eigenvalue weighted by Crippen LogP contribution is -2.68. The summed E-state index contributed by atoms with van der Waals surface area (Å²) >= 11 is 0. The summed E-state index contributed by atoms with van der Waals surface area (Å²) in [5, 5.41) is 157. The van der Waals surface area contributed by atoms with Gasteiger partial charge in [0.2, 0.25) is 17.5 Å². The van der Waals surface area contributed by atoms with Crippen LogP contribution in [0, 0.1) is 0 Å². The maximum absolute atomic E-state index is 14.4. The summed E-state index contributed by atoms with van der Waals surface area (Å²) in [6.07, 6.45) is -38.2. The van der Waals surface area contributed by atoms with E-state index in [0.717, 1.165) is 12.1 Å². The highest BCUT2D eigenvalue weighted by Gasteiger charge is 2.57. The van der Waals surface area contributed by atoms with E-state index in [0.29, 0.717) is 0 Å². The van der Waals surface area contributed by atoms with Crippen LogP contribution in [0.3, 0.4) is 0 Å². The molecule has 20 atom stereocenters. The first-order valence-electron chi connectivity index (χ1n) is 19.9. The molecular formula is C39H50O25. The van der Waals surface area contributed by atoms with Gasteiger partial charge < -0.3 is 119 Å². The van der Waals surface area contributed by atoms with Gasteiger partial charge in [0.15, 0.2) is 30.7 Å². The van der Waals surface area contributed by atoms with Crippen LogP contribution in [0.5, 0.6) is 23.0 Å². The molecule has 64 heavy (non-hydrogen) atoms. The number of aliphatic hydroxyl groups excluding tert-OH is 12. The second kappa shape index (κ2) is 19.5. The van der Waals surface area contributed by atoms with Gasteiger partial charge in [0.05, 0.1) is 25.9 Å². The number of ether oxygens (including phenoxy) is 8. The van der Waals surface area contributed by atoms with Crippen molar-refractivity contribution in [3.8, 4) is 34.3 Å². The number of fused-ring (bicyclic) bond motifs is 1.